The molecule has 0 spiro atoms. The molecule has 27 heavy (non-hydrogen) atoms. The molecule has 0 saturated carbocycles. The van der Waals surface area contributed by atoms with Crippen LogP contribution in [0.3, 0.4) is 0 Å². The van der Waals surface area contributed by atoms with Gasteiger partial charge in [0.15, 0.2) is 6.61 Å². The fraction of sp³-hybridized carbons (Fsp3) is 0.190. The summed E-state index contributed by atoms with van der Waals surface area (Å²) in [5.74, 6) is -0.882. The van der Waals surface area contributed by atoms with Gasteiger partial charge in [0.05, 0.1) is 11.1 Å². The fourth-order valence-corrected chi connectivity index (χ4v) is 2.87. The zero-order valence-corrected chi connectivity index (χ0v) is 15.6. The van der Waals surface area contributed by atoms with Gasteiger partial charge in [0, 0.05) is 11.9 Å². The Kier molecular flexibility index (Phi) is 6.04. The molecular formula is C21H19ClN2O3. The van der Waals surface area contributed by atoms with Gasteiger partial charge in [-0.15, -0.1) is 0 Å². The molecule has 138 valence electrons. The van der Waals surface area contributed by atoms with Crippen LogP contribution in [0.25, 0.3) is 10.9 Å². The number of nitrogens with zero attached hydrogens (tertiary/aromatic N) is 1. The van der Waals surface area contributed by atoms with Crippen LogP contribution >= 0.6 is 11.6 Å². The van der Waals surface area contributed by atoms with Crippen LogP contribution in [0.1, 0.15) is 21.5 Å². The number of carbonyl (C=O) groups excluding carboxylic acids is 2. The summed E-state index contributed by atoms with van der Waals surface area (Å²) in [7, 11) is 0. The molecule has 0 aliphatic carbocycles. The number of aryl methyl sites for hydroxylation is 1. The third-order valence-corrected chi connectivity index (χ3v) is 4.41. The van der Waals surface area contributed by atoms with Crippen LogP contribution < -0.4 is 5.32 Å². The summed E-state index contributed by atoms with van der Waals surface area (Å²) in [6.45, 7) is 2.21. The highest BCUT2D eigenvalue weighted by Crippen LogP contribution is 2.17. The number of amides is 1. The number of fused-ring (bicyclic) bond motifs is 1. The first-order valence-corrected chi connectivity index (χ1v) is 8.95. The third-order valence-electron chi connectivity index (χ3n) is 4.20. The SMILES string of the molecule is Cc1ccccc1CCNC(=O)COC(=O)c1ccc2nc(Cl)ccc2c1. The van der Waals surface area contributed by atoms with Crippen LogP contribution in [0.5, 0.6) is 0 Å². The first-order chi connectivity index (χ1) is 13.0. The van der Waals surface area contributed by atoms with E-state index in [2.05, 4.69) is 10.3 Å². The molecule has 1 heterocycles. The van der Waals surface area contributed by atoms with E-state index in [1.54, 1.807) is 30.3 Å². The van der Waals surface area contributed by atoms with Gasteiger partial charge in [-0.1, -0.05) is 35.9 Å². The minimum Gasteiger partial charge on any atom is -0.452 e. The zero-order valence-electron chi connectivity index (χ0n) is 14.9. The lowest BCUT2D eigenvalue weighted by Gasteiger charge is -2.08. The first-order valence-electron chi connectivity index (χ1n) is 8.57. The van der Waals surface area contributed by atoms with Crippen molar-refractivity contribution in [3.05, 3.63) is 76.4 Å². The molecule has 1 amide bonds. The van der Waals surface area contributed by atoms with E-state index in [9.17, 15) is 9.59 Å². The minimum atomic E-state index is -0.555. The van der Waals surface area contributed by atoms with Gasteiger partial charge in [-0.3, -0.25) is 4.79 Å². The highest BCUT2D eigenvalue weighted by molar-refractivity contribution is 6.29. The Morgan fingerprint density at radius 3 is 2.74 bits per heavy atom. The van der Waals surface area contributed by atoms with Gasteiger partial charge in [0.2, 0.25) is 0 Å². The average Bonchev–Trinajstić information content (AvgIpc) is 2.67. The van der Waals surface area contributed by atoms with Crippen molar-refractivity contribution in [2.45, 2.75) is 13.3 Å². The average molecular weight is 383 g/mol. The highest BCUT2D eigenvalue weighted by atomic mass is 35.5. The van der Waals surface area contributed by atoms with Crippen LogP contribution in [0.4, 0.5) is 0 Å². The van der Waals surface area contributed by atoms with Crippen LogP contribution in [-0.4, -0.2) is 30.0 Å². The quantitative estimate of drug-likeness (QED) is 0.521. The molecule has 0 saturated heterocycles. The van der Waals surface area contributed by atoms with Crippen LogP contribution in [0, 0.1) is 6.92 Å². The second-order valence-corrected chi connectivity index (χ2v) is 6.53. The van der Waals surface area contributed by atoms with E-state index < -0.39 is 5.97 Å². The largest absolute Gasteiger partial charge is 0.452 e. The van der Waals surface area contributed by atoms with Gasteiger partial charge in [0.1, 0.15) is 5.15 Å². The summed E-state index contributed by atoms with van der Waals surface area (Å²) in [6, 6.07) is 16.4. The molecule has 0 bridgehead atoms. The Hall–Kier alpha value is -2.92. The molecule has 1 N–H and O–H groups in total. The number of rotatable bonds is 6. The number of hydrogen-bond acceptors (Lipinski definition) is 4. The molecule has 0 aliphatic rings. The normalized spacial score (nSPS) is 10.6. The summed E-state index contributed by atoms with van der Waals surface area (Å²) in [5, 5.41) is 3.92. The molecule has 5 nitrogen and oxygen atoms in total. The van der Waals surface area contributed by atoms with Crippen molar-refractivity contribution in [2.24, 2.45) is 0 Å². The zero-order chi connectivity index (χ0) is 19.2. The van der Waals surface area contributed by atoms with Gasteiger partial charge >= 0.3 is 5.97 Å². The lowest BCUT2D eigenvalue weighted by molar-refractivity contribution is -0.124. The Morgan fingerprint density at radius 1 is 1.11 bits per heavy atom. The Balaban J connectivity index is 1.49. The highest BCUT2D eigenvalue weighted by Gasteiger charge is 2.11. The van der Waals surface area contributed by atoms with Gasteiger partial charge in [-0.2, -0.15) is 0 Å². The van der Waals surface area contributed by atoms with E-state index in [1.807, 2.05) is 31.2 Å². The standard InChI is InChI=1S/C21H19ClN2O3/c1-14-4-2-3-5-15(14)10-11-23-20(25)13-27-21(26)17-6-8-18-16(12-17)7-9-19(22)24-18/h2-9,12H,10-11,13H2,1H3,(H,23,25). The van der Waals surface area contributed by atoms with Crippen LogP contribution in [-0.2, 0) is 16.0 Å². The van der Waals surface area contributed by atoms with Crippen molar-refractivity contribution in [2.75, 3.05) is 13.2 Å². The minimum absolute atomic E-state index is 0.316. The van der Waals surface area contributed by atoms with Crippen molar-refractivity contribution in [3.8, 4) is 0 Å². The number of hydrogen-bond donors (Lipinski definition) is 1. The Labute approximate surface area is 162 Å². The summed E-state index contributed by atoms with van der Waals surface area (Å²) in [6.07, 6.45) is 0.729. The molecule has 6 heteroatoms. The molecule has 2 aromatic carbocycles. The van der Waals surface area contributed by atoms with Gasteiger partial charge in [0.25, 0.3) is 5.91 Å². The molecule has 3 rings (SSSR count). The molecule has 0 radical (unpaired) electrons. The van der Waals surface area contributed by atoms with Crippen LogP contribution in [0.2, 0.25) is 5.15 Å². The van der Waals surface area contributed by atoms with Crippen molar-refractivity contribution in [1.29, 1.82) is 0 Å². The number of ether oxygens (including phenoxy) is 1. The summed E-state index contributed by atoms with van der Waals surface area (Å²) < 4.78 is 5.09. The maximum Gasteiger partial charge on any atom is 0.338 e. The number of halogens is 1. The van der Waals surface area contributed by atoms with Crippen LogP contribution in [0.15, 0.2) is 54.6 Å². The second kappa shape index (κ2) is 8.64. The lowest BCUT2D eigenvalue weighted by atomic mass is 10.1. The summed E-state index contributed by atoms with van der Waals surface area (Å²) in [4.78, 5) is 28.2. The predicted molar refractivity (Wildman–Crippen MR) is 105 cm³/mol. The summed E-state index contributed by atoms with van der Waals surface area (Å²) >= 11 is 5.85. The Bertz CT molecular complexity index is 988. The smallest absolute Gasteiger partial charge is 0.338 e. The van der Waals surface area contributed by atoms with Crippen molar-refractivity contribution in [1.82, 2.24) is 10.3 Å². The summed E-state index contributed by atoms with van der Waals surface area (Å²) in [5.41, 5.74) is 3.41. The van der Waals surface area contributed by atoms with E-state index in [0.29, 0.717) is 22.8 Å². The van der Waals surface area contributed by atoms with Crippen molar-refractivity contribution < 1.29 is 14.3 Å². The van der Waals surface area contributed by atoms with E-state index in [1.165, 1.54) is 11.1 Å². The number of nitrogens with one attached hydrogen (secondary N) is 1. The number of esters is 1. The van der Waals surface area contributed by atoms with E-state index in [-0.39, 0.29) is 12.5 Å². The van der Waals surface area contributed by atoms with Gasteiger partial charge in [-0.05, 0) is 54.8 Å². The topological polar surface area (TPSA) is 68.3 Å². The maximum absolute atomic E-state index is 12.2. The second-order valence-electron chi connectivity index (χ2n) is 6.14. The number of benzene rings is 2. The number of carbonyl (C=O) groups is 2. The molecule has 0 atom stereocenters. The maximum atomic E-state index is 12.2. The van der Waals surface area contributed by atoms with E-state index in [0.717, 1.165) is 11.8 Å². The molecule has 3 aromatic rings. The van der Waals surface area contributed by atoms with E-state index in [4.69, 9.17) is 16.3 Å². The molecule has 0 aliphatic heterocycles. The lowest BCUT2D eigenvalue weighted by Crippen LogP contribution is -2.30. The monoisotopic (exact) mass is 382 g/mol. The van der Waals surface area contributed by atoms with Crippen molar-refractivity contribution in [3.63, 3.8) is 0 Å². The first kappa shape index (κ1) is 18.9. The molecule has 0 fully saturated rings. The predicted octanol–water partition coefficient (Wildman–Crippen LogP) is 3.71. The number of pyridine rings is 1. The third kappa shape index (κ3) is 5.05. The number of aromatic nitrogens is 1. The molecule has 1 aromatic heterocycles. The van der Waals surface area contributed by atoms with Gasteiger partial charge in [-0.25, -0.2) is 9.78 Å². The van der Waals surface area contributed by atoms with E-state index >= 15 is 0 Å². The molecular weight excluding hydrogens is 364 g/mol. The van der Waals surface area contributed by atoms with Crippen molar-refractivity contribution >= 4 is 34.4 Å². The molecule has 0 unspecified atom stereocenters. The van der Waals surface area contributed by atoms with Gasteiger partial charge < -0.3 is 10.1 Å². The Morgan fingerprint density at radius 2 is 1.93 bits per heavy atom. The fourth-order valence-electron chi connectivity index (χ4n) is 2.72.